The Morgan fingerprint density at radius 2 is 2.12 bits per heavy atom. The summed E-state index contributed by atoms with van der Waals surface area (Å²) in [4.78, 5) is 32.8. The molecule has 7 nitrogen and oxygen atoms in total. The Kier molecular flexibility index (Phi) is 4.04. The molecule has 4 rings (SSSR count). The normalized spacial score (nSPS) is 16.8. The van der Waals surface area contributed by atoms with Crippen LogP contribution in [0.5, 0.6) is 5.75 Å². The van der Waals surface area contributed by atoms with Crippen LogP contribution in [0.2, 0.25) is 0 Å². The van der Waals surface area contributed by atoms with Gasteiger partial charge in [-0.1, -0.05) is 6.07 Å². The van der Waals surface area contributed by atoms with Crippen molar-refractivity contribution in [2.45, 2.75) is 12.5 Å². The molecule has 2 N–H and O–H groups in total. The maximum atomic E-state index is 12.7. The van der Waals surface area contributed by atoms with Crippen LogP contribution in [-0.2, 0) is 0 Å². The summed E-state index contributed by atoms with van der Waals surface area (Å²) in [6, 6.07) is 11.8. The number of rotatable bonds is 4. The number of benzene rings is 1. The first-order valence-corrected chi connectivity index (χ1v) is 8.33. The first-order chi connectivity index (χ1) is 12.6. The number of nitrogens with one attached hydrogen (secondary N) is 1. The van der Waals surface area contributed by atoms with Gasteiger partial charge >= 0.3 is 5.97 Å². The van der Waals surface area contributed by atoms with Gasteiger partial charge in [-0.25, -0.2) is 4.79 Å². The van der Waals surface area contributed by atoms with Gasteiger partial charge in [0.05, 0.1) is 23.1 Å². The Labute approximate surface area is 149 Å². The number of likely N-dealkylation sites (tertiary alicyclic amines) is 1. The van der Waals surface area contributed by atoms with E-state index in [9.17, 15) is 9.59 Å². The molecular formula is C19H17N3O4. The van der Waals surface area contributed by atoms with Crippen molar-refractivity contribution in [3.05, 3.63) is 59.9 Å². The number of carboxylic acids is 1. The molecule has 0 spiro atoms. The molecule has 1 aromatic carbocycles. The summed E-state index contributed by atoms with van der Waals surface area (Å²) in [5.74, 6) is -0.585. The zero-order chi connectivity index (χ0) is 18.1. The van der Waals surface area contributed by atoms with Gasteiger partial charge in [0.2, 0.25) is 0 Å². The van der Waals surface area contributed by atoms with Crippen molar-refractivity contribution < 1.29 is 19.4 Å². The third-order valence-corrected chi connectivity index (χ3v) is 4.44. The summed E-state index contributed by atoms with van der Waals surface area (Å²) >= 11 is 0. The van der Waals surface area contributed by atoms with Crippen LogP contribution in [-0.4, -0.2) is 51.0 Å². The molecule has 7 heteroatoms. The van der Waals surface area contributed by atoms with Gasteiger partial charge in [-0.2, -0.15) is 0 Å². The Hall–Kier alpha value is -3.35. The Morgan fingerprint density at radius 3 is 2.92 bits per heavy atom. The zero-order valence-corrected chi connectivity index (χ0v) is 13.9. The second-order valence-corrected chi connectivity index (χ2v) is 6.23. The highest BCUT2D eigenvalue weighted by molar-refractivity contribution is 5.97. The highest BCUT2D eigenvalue weighted by atomic mass is 16.5. The van der Waals surface area contributed by atoms with Crippen LogP contribution < -0.4 is 4.74 Å². The average Bonchev–Trinajstić information content (AvgIpc) is 3.28. The van der Waals surface area contributed by atoms with Gasteiger partial charge in [0.15, 0.2) is 0 Å². The van der Waals surface area contributed by atoms with Crippen molar-refractivity contribution in [3.63, 3.8) is 0 Å². The van der Waals surface area contributed by atoms with Gasteiger partial charge in [-0.3, -0.25) is 9.78 Å². The molecular weight excluding hydrogens is 334 g/mol. The second-order valence-electron chi connectivity index (χ2n) is 6.23. The third-order valence-electron chi connectivity index (χ3n) is 4.44. The Bertz CT molecular complexity index is 949. The largest absolute Gasteiger partial charge is 0.488 e. The molecule has 132 valence electrons. The van der Waals surface area contributed by atoms with Gasteiger partial charge in [-0.15, -0.1) is 0 Å². The van der Waals surface area contributed by atoms with E-state index in [2.05, 4.69) is 9.97 Å². The fraction of sp³-hybridized carbons (Fsp3) is 0.211. The smallest absolute Gasteiger partial charge is 0.335 e. The highest BCUT2D eigenvalue weighted by Crippen LogP contribution is 2.22. The number of aromatic carboxylic acids is 1. The lowest BCUT2D eigenvalue weighted by molar-refractivity contribution is 0.0695. The maximum absolute atomic E-state index is 12.7. The van der Waals surface area contributed by atoms with Crippen molar-refractivity contribution in [2.24, 2.45) is 0 Å². The van der Waals surface area contributed by atoms with Crippen molar-refractivity contribution >= 4 is 22.9 Å². The number of aromatic nitrogens is 2. The number of hydrogen-bond donors (Lipinski definition) is 2. The predicted octanol–water partition coefficient (Wildman–Crippen LogP) is 2.55. The number of amides is 1. The van der Waals surface area contributed by atoms with E-state index in [-0.39, 0.29) is 17.6 Å². The van der Waals surface area contributed by atoms with Crippen LogP contribution >= 0.6 is 0 Å². The number of pyridine rings is 1. The van der Waals surface area contributed by atoms with Crippen LogP contribution in [0.25, 0.3) is 11.0 Å². The van der Waals surface area contributed by atoms with Crippen LogP contribution in [0, 0.1) is 0 Å². The monoisotopic (exact) mass is 351 g/mol. The van der Waals surface area contributed by atoms with Gasteiger partial charge in [0.25, 0.3) is 5.91 Å². The second kappa shape index (κ2) is 6.51. The summed E-state index contributed by atoms with van der Waals surface area (Å²) in [7, 11) is 0. The maximum Gasteiger partial charge on any atom is 0.335 e. The predicted molar refractivity (Wildman–Crippen MR) is 94.4 cm³/mol. The average molecular weight is 351 g/mol. The van der Waals surface area contributed by atoms with E-state index < -0.39 is 5.97 Å². The molecule has 1 atom stereocenters. The number of H-pyrrole nitrogens is 1. The van der Waals surface area contributed by atoms with E-state index >= 15 is 0 Å². The molecule has 1 amide bonds. The molecule has 0 aliphatic carbocycles. The van der Waals surface area contributed by atoms with E-state index in [0.717, 1.165) is 11.0 Å². The fourth-order valence-corrected chi connectivity index (χ4v) is 3.15. The molecule has 0 saturated carbocycles. The SMILES string of the molecule is O=C(O)c1cccc(OC2CCN(C(=O)c3cc4ncccc4[nH]3)C2)c1. The van der Waals surface area contributed by atoms with E-state index in [4.69, 9.17) is 9.84 Å². The van der Waals surface area contributed by atoms with Crippen molar-refractivity contribution in [2.75, 3.05) is 13.1 Å². The lowest BCUT2D eigenvalue weighted by atomic mass is 10.2. The topological polar surface area (TPSA) is 95.5 Å². The summed E-state index contributed by atoms with van der Waals surface area (Å²) < 4.78 is 5.86. The minimum Gasteiger partial charge on any atom is -0.488 e. The van der Waals surface area contributed by atoms with Crippen molar-refractivity contribution in [1.29, 1.82) is 0 Å². The van der Waals surface area contributed by atoms with Crippen molar-refractivity contribution in [1.82, 2.24) is 14.9 Å². The first-order valence-electron chi connectivity index (χ1n) is 8.33. The quantitative estimate of drug-likeness (QED) is 0.753. The van der Waals surface area contributed by atoms with Gasteiger partial charge < -0.3 is 19.7 Å². The molecule has 1 fully saturated rings. The molecule has 2 aromatic heterocycles. The van der Waals surface area contributed by atoms with Crippen LogP contribution in [0.4, 0.5) is 0 Å². The summed E-state index contributed by atoms with van der Waals surface area (Å²) in [6.45, 7) is 1.05. The Morgan fingerprint density at radius 1 is 1.23 bits per heavy atom. The molecule has 3 heterocycles. The number of carbonyl (C=O) groups excluding carboxylic acids is 1. The van der Waals surface area contributed by atoms with E-state index in [1.807, 2.05) is 12.1 Å². The van der Waals surface area contributed by atoms with E-state index in [0.29, 0.717) is 31.0 Å². The zero-order valence-electron chi connectivity index (χ0n) is 13.9. The summed E-state index contributed by atoms with van der Waals surface area (Å²) in [6.07, 6.45) is 2.22. The number of carbonyl (C=O) groups is 2. The number of nitrogens with zero attached hydrogens (tertiary/aromatic N) is 2. The summed E-state index contributed by atoms with van der Waals surface area (Å²) in [5.41, 5.74) is 2.27. The highest BCUT2D eigenvalue weighted by Gasteiger charge is 2.29. The molecule has 26 heavy (non-hydrogen) atoms. The summed E-state index contributed by atoms with van der Waals surface area (Å²) in [5, 5.41) is 9.05. The first kappa shape index (κ1) is 16.1. The minimum absolute atomic E-state index is 0.0895. The molecule has 1 aliphatic rings. The molecule has 1 saturated heterocycles. The third kappa shape index (κ3) is 3.11. The lowest BCUT2D eigenvalue weighted by Crippen LogP contribution is -2.31. The van der Waals surface area contributed by atoms with Gasteiger partial charge in [0, 0.05) is 19.2 Å². The number of aromatic amines is 1. The molecule has 1 aliphatic heterocycles. The minimum atomic E-state index is -0.994. The standard InChI is InChI=1S/C19H17N3O4/c23-18(17-10-16-15(21-17)5-2-7-20-16)22-8-6-14(11-22)26-13-4-1-3-12(9-13)19(24)25/h1-5,7,9-10,14,21H,6,8,11H2,(H,24,25). The van der Waals surface area contributed by atoms with Crippen LogP contribution in [0.15, 0.2) is 48.7 Å². The molecule has 1 unspecified atom stereocenters. The lowest BCUT2D eigenvalue weighted by Gasteiger charge is -2.16. The Balaban J connectivity index is 1.44. The molecule has 3 aromatic rings. The molecule has 0 radical (unpaired) electrons. The number of hydrogen-bond acceptors (Lipinski definition) is 4. The van der Waals surface area contributed by atoms with Crippen molar-refractivity contribution in [3.8, 4) is 5.75 Å². The van der Waals surface area contributed by atoms with E-state index in [1.165, 1.54) is 12.1 Å². The van der Waals surface area contributed by atoms with Gasteiger partial charge in [-0.05, 0) is 36.4 Å². The number of fused-ring (bicyclic) bond motifs is 1. The van der Waals surface area contributed by atoms with E-state index in [1.54, 1.807) is 29.3 Å². The number of carboxylic acid groups (broad SMARTS) is 1. The van der Waals surface area contributed by atoms with Crippen LogP contribution in [0.1, 0.15) is 27.3 Å². The fourth-order valence-electron chi connectivity index (χ4n) is 3.15. The molecule has 0 bridgehead atoms. The number of ether oxygens (including phenoxy) is 1. The van der Waals surface area contributed by atoms with Gasteiger partial charge in [0.1, 0.15) is 17.5 Å². The van der Waals surface area contributed by atoms with Crippen LogP contribution in [0.3, 0.4) is 0 Å².